The molecule has 0 heterocycles. The molecule has 16 atom stereocenters. The fourth-order valence-corrected chi connectivity index (χ4v) is 36.3. The van der Waals surface area contributed by atoms with Crippen LogP contribution in [-0.4, -0.2) is 129 Å². The van der Waals surface area contributed by atoms with Crippen molar-refractivity contribution in [3.63, 3.8) is 0 Å². The minimum Gasteiger partial charge on any atom is -0.324 e. The number of hydrogen-bond donors (Lipinski definition) is 1. The second-order valence-corrected chi connectivity index (χ2v) is 58.7. The summed E-state index contributed by atoms with van der Waals surface area (Å²) in [6.07, 6.45) is 23.4. The summed E-state index contributed by atoms with van der Waals surface area (Å²) in [5, 5.41) is 0. The summed E-state index contributed by atoms with van der Waals surface area (Å²) in [7, 11) is 0. The van der Waals surface area contributed by atoms with Gasteiger partial charge in [-0.15, -0.1) is 0 Å². The molecule has 0 aromatic heterocycles. The standard InChI is InChI=1S/C80H169O21P7S7/c1-23-39-46-74(32-10)54-89-103(82,88-53-73(30-8)31-9)110-63-69(19)98-107(86,99-70(20)64-111-104(83,90-55-75(33-11)47-40-24-2)91-56-76(34-12)48-41-25-3)114-61-67(17)96-102(81,109)97-68(18)62-115-108(87,100-71(21)65-112-105(84,92-57-77(35-13)49-42-26-4)93-58-78(36-14)50-43-27-5)101-72(22)66-113-106(85,94-59-79(37-15)51-44-28-6)95-60-80(38-16)52-45-29-7/h67-80H,23-66H2,1-22H3,(H,81,109). The monoisotopic (exact) mass is 1910 g/mol. The van der Waals surface area contributed by atoms with Crippen LogP contribution in [-0.2, 0) is 103 Å². The van der Waals surface area contributed by atoms with Crippen molar-refractivity contribution in [1.29, 1.82) is 0 Å². The zero-order chi connectivity index (χ0) is 86.8. The highest BCUT2D eigenvalue weighted by Crippen LogP contribution is 2.69. The summed E-state index contributed by atoms with van der Waals surface area (Å²) in [6, 6.07) is 0. The molecule has 0 fully saturated rings. The van der Waals surface area contributed by atoms with Gasteiger partial charge in [0.1, 0.15) is 0 Å². The average Bonchev–Trinajstić information content (AvgIpc) is 0.844. The van der Waals surface area contributed by atoms with E-state index >= 15 is 9.13 Å². The molecule has 0 rings (SSSR count). The Morgan fingerprint density at radius 3 is 0.522 bits per heavy atom. The highest BCUT2D eigenvalue weighted by molar-refractivity contribution is 8.57. The normalized spacial score (nSPS) is 19.6. The lowest BCUT2D eigenvalue weighted by Crippen LogP contribution is -2.19. The van der Waals surface area contributed by atoms with Gasteiger partial charge in [-0.05, 0) is 214 Å². The first kappa shape index (κ1) is 119. The van der Waals surface area contributed by atoms with Crippen LogP contribution in [0, 0.1) is 47.3 Å². The van der Waals surface area contributed by atoms with E-state index in [-0.39, 0.29) is 135 Å². The van der Waals surface area contributed by atoms with Crippen LogP contribution in [0.2, 0.25) is 0 Å². The lowest BCUT2D eigenvalue weighted by molar-refractivity contribution is 0.138. The lowest BCUT2D eigenvalue weighted by atomic mass is 10.0. The Morgan fingerprint density at radius 2 is 0.374 bits per heavy atom. The van der Waals surface area contributed by atoms with Crippen molar-refractivity contribution in [3.05, 3.63) is 0 Å². The van der Waals surface area contributed by atoms with Gasteiger partial charge in [0, 0.05) is 34.5 Å². The van der Waals surface area contributed by atoms with E-state index in [4.69, 9.17) is 75.1 Å². The second-order valence-electron chi connectivity index (χ2n) is 31.4. The maximum Gasteiger partial charge on any atom is 0.389 e. The maximum absolute atomic E-state index is 15.6. The summed E-state index contributed by atoms with van der Waals surface area (Å²) >= 11 is 11.5. The van der Waals surface area contributed by atoms with E-state index in [1.54, 1.807) is 41.5 Å². The summed E-state index contributed by atoms with van der Waals surface area (Å²) < 4.78 is 179. The SMILES string of the molecule is CCCCC(CC)COP(=O)(OCC(CC)CC)SCC(C)OP(=O)(OC(C)CSP(=O)(OCC(CC)CCCC)OCC(CC)CCCC)SCC(C)OP(O)(=S)OC(C)CSP(=O)(OC(C)CSP(=O)(OCC(CC)CCCC)OCC(CC)CCCC)OC(C)CSP(=O)(OCC(CC)CCCC)OCC(CC)CCCC. The van der Waals surface area contributed by atoms with E-state index in [0.717, 1.165) is 261 Å². The van der Waals surface area contributed by atoms with E-state index in [0.29, 0.717) is 0 Å². The predicted molar refractivity (Wildman–Crippen MR) is 505 cm³/mol. The fourth-order valence-electron chi connectivity index (χ4n) is 11.7. The first-order valence-electron chi connectivity index (χ1n) is 44.6. The van der Waals surface area contributed by atoms with Crippen molar-refractivity contribution >= 4 is 128 Å². The number of unbranched alkanes of at least 4 members (excludes halogenated alkanes) is 7. The second kappa shape index (κ2) is 69.5. The van der Waals surface area contributed by atoms with Crippen molar-refractivity contribution in [3.8, 4) is 0 Å². The van der Waals surface area contributed by atoms with E-state index in [2.05, 4.69) is 111 Å². The van der Waals surface area contributed by atoms with Gasteiger partial charge in [0.15, 0.2) is 0 Å². The van der Waals surface area contributed by atoms with Crippen LogP contribution in [0.3, 0.4) is 0 Å². The van der Waals surface area contributed by atoms with E-state index in [9.17, 15) is 23.2 Å². The molecule has 16 unspecified atom stereocenters. The van der Waals surface area contributed by atoms with Gasteiger partial charge in [-0.1, -0.05) is 258 Å². The van der Waals surface area contributed by atoms with E-state index in [1.807, 2.05) is 0 Å². The zero-order valence-electron chi connectivity index (χ0n) is 75.8. The van der Waals surface area contributed by atoms with E-state index < -0.39 is 84.1 Å². The quantitative estimate of drug-likeness (QED) is 0.0555. The summed E-state index contributed by atoms with van der Waals surface area (Å²) in [5.41, 5.74) is 0. The Balaban J connectivity index is 7.51. The molecule has 0 amide bonds. The molecule has 0 bridgehead atoms. The van der Waals surface area contributed by atoms with Crippen LogP contribution in [0.5, 0.6) is 0 Å². The van der Waals surface area contributed by atoms with Gasteiger partial charge in [-0.3, -0.25) is 18.1 Å². The van der Waals surface area contributed by atoms with Crippen molar-refractivity contribution in [1.82, 2.24) is 0 Å². The Labute approximate surface area is 733 Å². The van der Waals surface area contributed by atoms with Gasteiger partial charge in [0.2, 0.25) is 0 Å². The van der Waals surface area contributed by atoms with Gasteiger partial charge in [-0.25, -0.2) is 27.4 Å². The molecule has 692 valence electrons. The van der Waals surface area contributed by atoms with Crippen molar-refractivity contribution < 1.29 is 95.6 Å². The molecule has 1 N–H and O–H groups in total. The molecule has 0 aliphatic rings. The zero-order valence-corrected chi connectivity index (χ0v) is 87.8. The van der Waals surface area contributed by atoms with Crippen LogP contribution < -0.4 is 0 Å². The Bertz CT molecular complexity index is 2580. The topological polar surface area (TPSA) is 252 Å². The minimum absolute atomic E-state index is 0.0615. The third kappa shape index (κ3) is 58.7. The van der Waals surface area contributed by atoms with Crippen LogP contribution in [0.1, 0.15) is 345 Å². The van der Waals surface area contributed by atoms with Gasteiger partial charge in [0.05, 0.1) is 89.5 Å². The van der Waals surface area contributed by atoms with Crippen LogP contribution >= 0.6 is 116 Å². The highest BCUT2D eigenvalue weighted by atomic mass is 32.7. The largest absolute Gasteiger partial charge is 0.389 e. The molecule has 115 heavy (non-hydrogen) atoms. The smallest absolute Gasteiger partial charge is 0.324 e. The Hall–Kier alpha value is 3.53. The molecule has 0 radical (unpaired) electrons. The van der Waals surface area contributed by atoms with Gasteiger partial charge < -0.3 is 50.1 Å². The predicted octanol–water partition coefficient (Wildman–Crippen LogP) is 31.8. The Kier molecular flexibility index (Phi) is 71.6. The van der Waals surface area contributed by atoms with Crippen molar-refractivity contribution in [2.75, 3.05) is 87.4 Å². The lowest BCUT2D eigenvalue weighted by Gasteiger charge is -2.29. The molecule has 0 saturated carbocycles. The van der Waals surface area contributed by atoms with E-state index in [1.165, 1.54) is 0 Å². The summed E-state index contributed by atoms with van der Waals surface area (Å²) in [5.74, 6) is 1.60. The fraction of sp³-hybridized carbons (Fsp3) is 1.00. The van der Waals surface area contributed by atoms with Crippen LogP contribution in [0.25, 0.3) is 0 Å². The van der Waals surface area contributed by atoms with Crippen LogP contribution in [0.15, 0.2) is 0 Å². The molecular weight excluding hydrogens is 1740 g/mol. The highest BCUT2D eigenvalue weighted by Gasteiger charge is 2.41. The Morgan fingerprint density at radius 1 is 0.235 bits per heavy atom. The minimum atomic E-state index is -4.27. The molecule has 0 saturated heterocycles. The third-order valence-electron chi connectivity index (χ3n) is 20.4. The maximum atomic E-state index is 15.6. The van der Waals surface area contributed by atoms with Gasteiger partial charge in [-0.2, -0.15) is 0 Å². The molecule has 0 spiro atoms. The molecule has 0 aliphatic carbocycles. The number of rotatable bonds is 84. The number of hydrogen-bond acceptors (Lipinski definition) is 27. The molecule has 21 nitrogen and oxygen atoms in total. The summed E-state index contributed by atoms with van der Waals surface area (Å²) in [6.45, 7) is 18.5. The molecule has 35 heteroatoms. The molecule has 0 aliphatic heterocycles. The third-order valence-corrected chi connectivity index (χ3v) is 45.9. The van der Waals surface area contributed by atoms with Crippen molar-refractivity contribution in [2.24, 2.45) is 47.3 Å². The summed E-state index contributed by atoms with van der Waals surface area (Å²) in [4.78, 5) is 11.9. The first-order chi connectivity index (χ1) is 54.5. The van der Waals surface area contributed by atoms with Gasteiger partial charge >= 0.3 is 47.5 Å². The van der Waals surface area contributed by atoms with Gasteiger partial charge in [0.25, 0.3) is 0 Å². The average molecular weight is 1910 g/mol. The molecule has 0 aromatic rings. The first-order valence-corrected chi connectivity index (χ1v) is 66.0. The molecule has 0 aromatic carbocycles. The molecular formula is C80H169O21P7S7. The van der Waals surface area contributed by atoms with Crippen LogP contribution in [0.4, 0.5) is 0 Å². The van der Waals surface area contributed by atoms with Crippen molar-refractivity contribution in [2.45, 2.75) is 382 Å².